The minimum Gasteiger partial charge on any atom is -0.465 e. The molecule has 2 rings (SSSR count). The molecule has 0 fully saturated rings. The van der Waals surface area contributed by atoms with E-state index in [9.17, 15) is 18.0 Å². The van der Waals surface area contributed by atoms with Gasteiger partial charge in [-0.2, -0.15) is 0 Å². The first-order valence-electron chi connectivity index (χ1n) is 10.4. The Labute approximate surface area is 207 Å². The number of aryl methyl sites for hydroxylation is 1. The highest BCUT2D eigenvalue weighted by Crippen LogP contribution is 2.25. The van der Waals surface area contributed by atoms with Crippen molar-refractivity contribution in [2.75, 3.05) is 50.9 Å². The van der Waals surface area contributed by atoms with Gasteiger partial charge in [0.1, 0.15) is 6.61 Å². The van der Waals surface area contributed by atoms with E-state index >= 15 is 0 Å². The van der Waals surface area contributed by atoms with Crippen molar-refractivity contribution in [2.45, 2.75) is 13.5 Å². The summed E-state index contributed by atoms with van der Waals surface area (Å²) in [5.74, 6) is -0.642. The number of halogens is 1. The molecule has 0 spiro atoms. The van der Waals surface area contributed by atoms with Crippen LogP contribution in [0.15, 0.2) is 48.5 Å². The number of nitrogens with one attached hydrogen (secondary N) is 1. The standard InChI is InChI=1S/C23H31N3O6S.ClH/c1-18-10-11-21(20(16-18)22(27)31-3)26(33(4,29)30)15-14-25(13-12-24-2)23(28)32-17-19-8-6-5-7-9-19;/h5-11,16,24H,12-15,17H2,1-4H3;1H. The van der Waals surface area contributed by atoms with Gasteiger partial charge in [0.2, 0.25) is 10.0 Å². The molecule has 1 N–H and O–H groups in total. The number of carbonyl (C=O) groups is 2. The minimum atomic E-state index is -3.76. The topological polar surface area (TPSA) is 105 Å². The maximum Gasteiger partial charge on any atom is 0.410 e. The first-order valence-corrected chi connectivity index (χ1v) is 12.3. The molecule has 0 aliphatic carbocycles. The number of likely N-dealkylation sites (N-methyl/N-ethyl adjacent to an activating group) is 1. The Hall–Kier alpha value is -2.82. The second-order valence-electron chi connectivity index (χ2n) is 7.48. The third kappa shape index (κ3) is 8.51. The molecule has 34 heavy (non-hydrogen) atoms. The van der Waals surface area contributed by atoms with E-state index in [-0.39, 0.29) is 43.4 Å². The van der Waals surface area contributed by atoms with Crippen LogP contribution in [-0.2, 0) is 26.1 Å². The Balaban J connectivity index is 0.00000578. The van der Waals surface area contributed by atoms with Crippen LogP contribution in [0, 0.1) is 6.92 Å². The molecular weight excluding hydrogens is 482 g/mol. The van der Waals surface area contributed by atoms with Gasteiger partial charge in [-0.1, -0.05) is 42.0 Å². The van der Waals surface area contributed by atoms with Crippen LogP contribution < -0.4 is 9.62 Å². The first kappa shape index (κ1) is 29.2. The molecular formula is C23H32ClN3O6S. The molecule has 2 aromatic carbocycles. The van der Waals surface area contributed by atoms with E-state index in [4.69, 9.17) is 9.47 Å². The van der Waals surface area contributed by atoms with E-state index in [1.54, 1.807) is 32.2 Å². The Morgan fingerprint density at radius 1 is 1.03 bits per heavy atom. The smallest absolute Gasteiger partial charge is 0.410 e. The fourth-order valence-corrected chi connectivity index (χ4v) is 4.10. The van der Waals surface area contributed by atoms with Crippen molar-refractivity contribution >= 4 is 40.2 Å². The van der Waals surface area contributed by atoms with Gasteiger partial charge < -0.3 is 19.7 Å². The molecule has 188 valence electrons. The summed E-state index contributed by atoms with van der Waals surface area (Å²) < 4.78 is 36.6. The van der Waals surface area contributed by atoms with Gasteiger partial charge >= 0.3 is 12.1 Å². The predicted molar refractivity (Wildman–Crippen MR) is 134 cm³/mol. The number of sulfonamides is 1. The number of benzene rings is 2. The molecule has 0 aromatic heterocycles. The molecule has 0 aliphatic rings. The largest absolute Gasteiger partial charge is 0.465 e. The Morgan fingerprint density at radius 3 is 2.29 bits per heavy atom. The molecule has 0 saturated carbocycles. The predicted octanol–water partition coefficient (Wildman–Crippen LogP) is 2.83. The molecule has 0 heterocycles. The number of anilines is 1. The third-order valence-electron chi connectivity index (χ3n) is 4.89. The van der Waals surface area contributed by atoms with E-state index in [1.165, 1.54) is 12.0 Å². The van der Waals surface area contributed by atoms with Crippen LogP contribution in [0.2, 0.25) is 0 Å². The minimum absolute atomic E-state index is 0. The average Bonchev–Trinajstić information content (AvgIpc) is 2.79. The lowest BCUT2D eigenvalue weighted by molar-refractivity contribution is 0.0601. The number of hydrogen-bond acceptors (Lipinski definition) is 7. The van der Waals surface area contributed by atoms with E-state index in [1.807, 2.05) is 30.3 Å². The zero-order valence-electron chi connectivity index (χ0n) is 19.8. The van der Waals surface area contributed by atoms with Crippen LogP contribution in [0.25, 0.3) is 0 Å². The number of nitrogens with zero attached hydrogens (tertiary/aromatic N) is 2. The molecule has 0 atom stereocenters. The Morgan fingerprint density at radius 2 is 1.71 bits per heavy atom. The molecule has 0 aliphatic heterocycles. The summed E-state index contributed by atoms with van der Waals surface area (Å²) in [6.07, 6.45) is 0.499. The van der Waals surface area contributed by atoms with Gasteiger partial charge in [-0.05, 0) is 31.7 Å². The number of ether oxygens (including phenoxy) is 2. The zero-order chi connectivity index (χ0) is 24.4. The van der Waals surface area contributed by atoms with Gasteiger partial charge in [-0.25, -0.2) is 18.0 Å². The van der Waals surface area contributed by atoms with Gasteiger partial charge in [0.15, 0.2) is 0 Å². The molecule has 0 radical (unpaired) electrons. The van der Waals surface area contributed by atoms with Gasteiger partial charge in [0, 0.05) is 19.6 Å². The number of amides is 1. The van der Waals surface area contributed by atoms with Crippen molar-refractivity contribution < 1.29 is 27.5 Å². The Kier molecular flexibility index (Phi) is 11.8. The van der Waals surface area contributed by atoms with E-state index < -0.39 is 22.1 Å². The highest BCUT2D eigenvalue weighted by atomic mass is 35.5. The van der Waals surface area contributed by atoms with Gasteiger partial charge in [0.25, 0.3) is 0 Å². The van der Waals surface area contributed by atoms with Crippen molar-refractivity contribution in [3.8, 4) is 0 Å². The SMILES string of the molecule is CNCCN(CCN(c1ccc(C)cc1C(=O)OC)S(C)(=O)=O)C(=O)OCc1ccccc1.Cl. The van der Waals surface area contributed by atoms with Crippen LogP contribution >= 0.6 is 12.4 Å². The van der Waals surface area contributed by atoms with Crippen LogP contribution in [0.3, 0.4) is 0 Å². The van der Waals surface area contributed by atoms with Crippen LogP contribution in [-0.4, -0.2) is 72.0 Å². The molecule has 2 aromatic rings. The van der Waals surface area contributed by atoms with Crippen LogP contribution in [0.1, 0.15) is 21.5 Å². The highest BCUT2D eigenvalue weighted by molar-refractivity contribution is 7.92. The quantitative estimate of drug-likeness (QED) is 0.460. The molecule has 0 bridgehead atoms. The van der Waals surface area contributed by atoms with E-state index in [0.717, 1.165) is 21.7 Å². The molecule has 0 saturated heterocycles. The summed E-state index contributed by atoms with van der Waals surface area (Å²) in [7, 11) is -0.768. The summed E-state index contributed by atoms with van der Waals surface area (Å²) in [6, 6.07) is 14.1. The second kappa shape index (κ2) is 13.8. The number of rotatable bonds is 11. The lowest BCUT2D eigenvalue weighted by atomic mass is 10.1. The fraction of sp³-hybridized carbons (Fsp3) is 0.391. The monoisotopic (exact) mass is 513 g/mol. The average molecular weight is 514 g/mol. The van der Waals surface area contributed by atoms with Gasteiger partial charge in [-0.3, -0.25) is 4.31 Å². The lowest BCUT2D eigenvalue weighted by Crippen LogP contribution is -2.43. The summed E-state index contributed by atoms with van der Waals surface area (Å²) in [5.41, 5.74) is 1.96. The van der Waals surface area contributed by atoms with Crippen molar-refractivity contribution in [2.24, 2.45) is 0 Å². The van der Waals surface area contributed by atoms with Crippen molar-refractivity contribution in [3.05, 3.63) is 65.2 Å². The maximum absolute atomic E-state index is 12.7. The van der Waals surface area contributed by atoms with Crippen LogP contribution in [0.5, 0.6) is 0 Å². The summed E-state index contributed by atoms with van der Waals surface area (Å²) >= 11 is 0. The summed E-state index contributed by atoms with van der Waals surface area (Å²) in [5, 5.41) is 2.97. The summed E-state index contributed by atoms with van der Waals surface area (Å²) in [6.45, 7) is 2.73. The van der Waals surface area contributed by atoms with E-state index in [2.05, 4.69) is 5.32 Å². The fourth-order valence-electron chi connectivity index (χ4n) is 3.17. The first-order chi connectivity index (χ1) is 15.7. The maximum atomic E-state index is 12.7. The lowest BCUT2D eigenvalue weighted by Gasteiger charge is -2.28. The molecule has 11 heteroatoms. The van der Waals surface area contributed by atoms with E-state index in [0.29, 0.717) is 13.1 Å². The van der Waals surface area contributed by atoms with Crippen molar-refractivity contribution in [1.82, 2.24) is 10.2 Å². The Bertz CT molecular complexity index is 1050. The molecule has 1 amide bonds. The normalized spacial score (nSPS) is 10.7. The zero-order valence-corrected chi connectivity index (χ0v) is 21.4. The number of methoxy groups -OCH3 is 1. The number of esters is 1. The van der Waals surface area contributed by atoms with Gasteiger partial charge in [-0.15, -0.1) is 12.4 Å². The second-order valence-corrected chi connectivity index (χ2v) is 9.38. The van der Waals surface area contributed by atoms with Gasteiger partial charge in [0.05, 0.1) is 31.2 Å². The summed E-state index contributed by atoms with van der Waals surface area (Å²) in [4.78, 5) is 26.4. The van der Waals surface area contributed by atoms with Crippen molar-refractivity contribution in [1.29, 1.82) is 0 Å². The molecule has 9 nitrogen and oxygen atoms in total. The highest BCUT2D eigenvalue weighted by Gasteiger charge is 2.26. The van der Waals surface area contributed by atoms with Crippen LogP contribution in [0.4, 0.5) is 10.5 Å². The van der Waals surface area contributed by atoms with Crippen molar-refractivity contribution in [3.63, 3.8) is 0 Å². The number of hydrogen-bond donors (Lipinski definition) is 1. The number of carbonyl (C=O) groups excluding carboxylic acids is 2. The third-order valence-corrected chi connectivity index (χ3v) is 6.07. The molecule has 0 unspecified atom stereocenters.